The van der Waals surface area contributed by atoms with Crippen molar-refractivity contribution in [1.29, 1.82) is 5.26 Å². The number of nitrogens with zero attached hydrogens (tertiary/aromatic N) is 1. The second kappa shape index (κ2) is 8.53. The van der Waals surface area contributed by atoms with Crippen molar-refractivity contribution < 1.29 is 24.6 Å². The molecule has 8 nitrogen and oxygen atoms in total. The SMILES string of the molecule is CC(C)CC(NC(=O)/C(C#N)=C\NCC(=O)O)C(=O)O. The third-order valence-electron chi connectivity index (χ3n) is 2.18. The number of carboxylic acids is 2. The lowest BCUT2D eigenvalue weighted by Crippen LogP contribution is -2.42. The number of amides is 1. The summed E-state index contributed by atoms with van der Waals surface area (Å²) < 4.78 is 0. The summed E-state index contributed by atoms with van der Waals surface area (Å²) in [7, 11) is 0. The predicted octanol–water partition coefficient (Wildman–Crippen LogP) is -0.316. The first-order valence-electron chi connectivity index (χ1n) is 5.87. The van der Waals surface area contributed by atoms with Gasteiger partial charge >= 0.3 is 11.9 Å². The number of hydrogen-bond acceptors (Lipinski definition) is 5. The van der Waals surface area contributed by atoms with E-state index in [1.54, 1.807) is 19.9 Å². The fraction of sp³-hybridized carbons (Fsp3) is 0.500. The maximum Gasteiger partial charge on any atom is 0.326 e. The molecule has 0 spiro atoms. The van der Waals surface area contributed by atoms with Crippen LogP contribution in [0.2, 0.25) is 0 Å². The summed E-state index contributed by atoms with van der Waals surface area (Å²) in [5.74, 6) is -3.15. The van der Waals surface area contributed by atoms with Gasteiger partial charge in [0.15, 0.2) is 0 Å². The second-order valence-corrected chi connectivity index (χ2v) is 4.44. The fourth-order valence-corrected chi connectivity index (χ4v) is 1.32. The molecule has 110 valence electrons. The summed E-state index contributed by atoms with van der Waals surface area (Å²) in [5, 5.41) is 30.6. The number of hydrogen-bond donors (Lipinski definition) is 4. The molecule has 1 amide bonds. The lowest BCUT2D eigenvalue weighted by atomic mass is 10.0. The minimum Gasteiger partial charge on any atom is -0.480 e. The highest BCUT2D eigenvalue weighted by molar-refractivity contribution is 5.99. The Balaban J connectivity index is 4.71. The van der Waals surface area contributed by atoms with Gasteiger partial charge in [0, 0.05) is 6.20 Å². The number of carbonyl (C=O) groups is 3. The van der Waals surface area contributed by atoms with Crippen molar-refractivity contribution in [3.8, 4) is 6.07 Å². The Labute approximate surface area is 116 Å². The van der Waals surface area contributed by atoms with Crippen LogP contribution in [0.25, 0.3) is 0 Å². The highest BCUT2D eigenvalue weighted by Gasteiger charge is 2.22. The van der Waals surface area contributed by atoms with E-state index in [1.165, 1.54) is 0 Å². The first-order valence-corrected chi connectivity index (χ1v) is 5.87. The van der Waals surface area contributed by atoms with Crippen molar-refractivity contribution in [3.05, 3.63) is 11.8 Å². The minimum atomic E-state index is -1.19. The number of aliphatic carboxylic acids is 2. The standard InChI is InChI=1S/C12H17N3O5/c1-7(2)3-9(12(19)20)15-11(18)8(4-13)5-14-6-10(16)17/h5,7,9,14H,3,6H2,1-2H3,(H,15,18)(H,16,17)(H,19,20)/b8-5-. The van der Waals surface area contributed by atoms with E-state index in [-0.39, 0.29) is 17.9 Å². The van der Waals surface area contributed by atoms with Crippen LogP contribution in [0, 0.1) is 17.2 Å². The van der Waals surface area contributed by atoms with Crippen LogP contribution in [-0.2, 0) is 14.4 Å². The Bertz CT molecular complexity index is 450. The van der Waals surface area contributed by atoms with E-state index in [1.807, 2.05) is 0 Å². The molecule has 0 radical (unpaired) electrons. The van der Waals surface area contributed by atoms with Gasteiger partial charge in [-0.25, -0.2) is 4.79 Å². The lowest BCUT2D eigenvalue weighted by Gasteiger charge is -2.16. The monoisotopic (exact) mass is 283 g/mol. The highest BCUT2D eigenvalue weighted by atomic mass is 16.4. The van der Waals surface area contributed by atoms with Crippen molar-refractivity contribution in [2.75, 3.05) is 6.54 Å². The van der Waals surface area contributed by atoms with Crippen molar-refractivity contribution in [3.63, 3.8) is 0 Å². The number of rotatable bonds is 8. The molecule has 1 atom stereocenters. The zero-order valence-electron chi connectivity index (χ0n) is 11.2. The molecule has 0 saturated carbocycles. The maximum atomic E-state index is 11.7. The molecule has 1 unspecified atom stereocenters. The quantitative estimate of drug-likeness (QED) is 0.353. The fourth-order valence-electron chi connectivity index (χ4n) is 1.32. The molecule has 0 heterocycles. The molecule has 0 aliphatic carbocycles. The summed E-state index contributed by atoms with van der Waals surface area (Å²) in [5.41, 5.74) is -0.388. The summed E-state index contributed by atoms with van der Waals surface area (Å²) in [6.45, 7) is 3.15. The van der Waals surface area contributed by atoms with Gasteiger partial charge in [-0.05, 0) is 12.3 Å². The Morgan fingerprint density at radius 3 is 2.30 bits per heavy atom. The van der Waals surface area contributed by atoms with Crippen LogP contribution in [0.1, 0.15) is 20.3 Å². The lowest BCUT2D eigenvalue weighted by molar-refractivity contribution is -0.141. The van der Waals surface area contributed by atoms with Crippen molar-refractivity contribution in [2.45, 2.75) is 26.3 Å². The summed E-state index contributed by atoms with van der Waals surface area (Å²) >= 11 is 0. The first-order chi connectivity index (χ1) is 9.27. The van der Waals surface area contributed by atoms with E-state index < -0.39 is 30.4 Å². The maximum absolute atomic E-state index is 11.7. The molecule has 8 heteroatoms. The van der Waals surface area contributed by atoms with Crippen LogP contribution >= 0.6 is 0 Å². The van der Waals surface area contributed by atoms with E-state index in [2.05, 4.69) is 10.6 Å². The molecule has 0 saturated heterocycles. The summed E-state index contributed by atoms with van der Waals surface area (Å²) in [4.78, 5) is 32.9. The molecule has 0 aliphatic rings. The Kier molecular flexibility index (Phi) is 7.43. The van der Waals surface area contributed by atoms with E-state index in [0.717, 1.165) is 6.20 Å². The van der Waals surface area contributed by atoms with E-state index in [4.69, 9.17) is 15.5 Å². The third-order valence-corrected chi connectivity index (χ3v) is 2.18. The molecule has 0 rings (SSSR count). The van der Waals surface area contributed by atoms with Crippen LogP contribution in [0.4, 0.5) is 0 Å². The second-order valence-electron chi connectivity index (χ2n) is 4.44. The summed E-state index contributed by atoms with van der Waals surface area (Å²) in [6, 6.07) is 0.475. The van der Waals surface area contributed by atoms with Gasteiger partial charge in [0.1, 0.15) is 24.2 Å². The molecule has 0 aliphatic heterocycles. The highest BCUT2D eigenvalue weighted by Crippen LogP contribution is 2.06. The number of carbonyl (C=O) groups excluding carboxylic acids is 1. The molecule has 0 aromatic rings. The van der Waals surface area contributed by atoms with E-state index in [9.17, 15) is 14.4 Å². The van der Waals surface area contributed by atoms with Crippen LogP contribution in [0.5, 0.6) is 0 Å². The van der Waals surface area contributed by atoms with Gasteiger partial charge in [-0.1, -0.05) is 13.8 Å². The zero-order chi connectivity index (χ0) is 15.7. The normalized spacial score (nSPS) is 12.4. The first kappa shape index (κ1) is 17.4. The van der Waals surface area contributed by atoms with Gasteiger partial charge in [0.05, 0.1) is 0 Å². The van der Waals surface area contributed by atoms with Crippen molar-refractivity contribution in [2.24, 2.45) is 5.92 Å². The molecule has 0 aromatic carbocycles. The largest absolute Gasteiger partial charge is 0.480 e. The van der Waals surface area contributed by atoms with Gasteiger partial charge in [-0.3, -0.25) is 9.59 Å². The Morgan fingerprint density at radius 1 is 1.30 bits per heavy atom. The van der Waals surface area contributed by atoms with E-state index >= 15 is 0 Å². The zero-order valence-corrected chi connectivity index (χ0v) is 11.2. The van der Waals surface area contributed by atoms with E-state index in [0.29, 0.717) is 0 Å². The average Bonchev–Trinajstić information content (AvgIpc) is 2.32. The predicted molar refractivity (Wildman–Crippen MR) is 68.4 cm³/mol. The van der Waals surface area contributed by atoms with Gasteiger partial charge in [-0.15, -0.1) is 0 Å². The number of carboxylic acid groups (broad SMARTS) is 2. The Hall–Kier alpha value is -2.56. The molecule has 0 aromatic heterocycles. The number of nitrogens with one attached hydrogen (secondary N) is 2. The van der Waals surface area contributed by atoms with Crippen LogP contribution in [-0.4, -0.2) is 40.6 Å². The molecule has 0 fully saturated rings. The smallest absolute Gasteiger partial charge is 0.326 e. The van der Waals surface area contributed by atoms with Crippen LogP contribution < -0.4 is 10.6 Å². The van der Waals surface area contributed by atoms with Crippen molar-refractivity contribution >= 4 is 17.8 Å². The van der Waals surface area contributed by atoms with Gasteiger partial charge in [0.25, 0.3) is 5.91 Å². The van der Waals surface area contributed by atoms with Gasteiger partial charge in [-0.2, -0.15) is 5.26 Å². The summed E-state index contributed by atoms with van der Waals surface area (Å²) in [6.07, 6.45) is 1.17. The number of nitriles is 1. The van der Waals surface area contributed by atoms with Gasteiger partial charge in [0.2, 0.25) is 0 Å². The van der Waals surface area contributed by atoms with Crippen molar-refractivity contribution in [1.82, 2.24) is 10.6 Å². The molecule has 0 bridgehead atoms. The molecular formula is C12H17N3O5. The van der Waals surface area contributed by atoms with Gasteiger partial charge < -0.3 is 20.8 Å². The Morgan fingerprint density at radius 2 is 1.90 bits per heavy atom. The molecular weight excluding hydrogens is 266 g/mol. The third kappa shape index (κ3) is 7.00. The molecule has 20 heavy (non-hydrogen) atoms. The van der Waals surface area contributed by atoms with Crippen LogP contribution in [0.15, 0.2) is 11.8 Å². The topological polar surface area (TPSA) is 140 Å². The molecule has 4 N–H and O–H groups in total. The average molecular weight is 283 g/mol. The van der Waals surface area contributed by atoms with Crippen LogP contribution in [0.3, 0.4) is 0 Å². The minimum absolute atomic E-state index is 0.0519.